The molecule has 0 saturated heterocycles. The highest BCUT2D eigenvalue weighted by atomic mass is 16.5. The Morgan fingerprint density at radius 2 is 2.17 bits per heavy atom. The van der Waals surface area contributed by atoms with E-state index in [0.717, 1.165) is 0 Å². The van der Waals surface area contributed by atoms with Gasteiger partial charge in [-0.1, -0.05) is 0 Å². The van der Waals surface area contributed by atoms with Crippen molar-refractivity contribution in [3.05, 3.63) is 5.82 Å². The number of nitrogens with one attached hydrogen (secondary N) is 1. The SMILES string of the molecule is CCOC(=O)c1nnnn1CCC(=O)NC(C)C. The van der Waals surface area contributed by atoms with Gasteiger partial charge in [0, 0.05) is 12.5 Å². The number of hydrogen-bond donors (Lipinski definition) is 1. The smallest absolute Gasteiger partial charge is 0.378 e. The molecular weight excluding hydrogens is 238 g/mol. The summed E-state index contributed by atoms with van der Waals surface area (Å²) in [5.74, 6) is -0.698. The number of ether oxygens (including phenoxy) is 1. The molecule has 1 aromatic rings. The third-order valence-corrected chi connectivity index (χ3v) is 1.99. The molecule has 1 amide bonds. The maximum Gasteiger partial charge on any atom is 0.378 e. The minimum absolute atomic E-state index is 0.00852. The Kier molecular flexibility index (Phi) is 5.22. The second-order valence-electron chi connectivity index (χ2n) is 3.92. The molecule has 0 unspecified atom stereocenters. The highest BCUT2D eigenvalue weighted by molar-refractivity contribution is 5.85. The van der Waals surface area contributed by atoms with Crippen LogP contribution in [0.15, 0.2) is 0 Å². The Labute approximate surface area is 105 Å². The minimum Gasteiger partial charge on any atom is -0.460 e. The van der Waals surface area contributed by atoms with Crippen molar-refractivity contribution in [2.45, 2.75) is 39.8 Å². The van der Waals surface area contributed by atoms with Gasteiger partial charge in [-0.3, -0.25) is 4.79 Å². The molecule has 100 valence electrons. The summed E-state index contributed by atoms with van der Waals surface area (Å²) < 4.78 is 6.06. The van der Waals surface area contributed by atoms with Crippen LogP contribution in [0.4, 0.5) is 0 Å². The number of amides is 1. The van der Waals surface area contributed by atoms with Crippen molar-refractivity contribution in [3.8, 4) is 0 Å². The van der Waals surface area contributed by atoms with Crippen LogP contribution in [0.1, 0.15) is 37.8 Å². The molecule has 0 aliphatic rings. The summed E-state index contributed by atoms with van der Waals surface area (Å²) in [5, 5.41) is 13.4. The predicted octanol–water partition coefficient (Wildman–Crippen LogP) is -0.235. The molecule has 1 rings (SSSR count). The van der Waals surface area contributed by atoms with Crippen molar-refractivity contribution in [1.29, 1.82) is 0 Å². The Morgan fingerprint density at radius 1 is 1.44 bits per heavy atom. The van der Waals surface area contributed by atoms with Gasteiger partial charge in [-0.2, -0.15) is 0 Å². The molecule has 1 N–H and O–H groups in total. The van der Waals surface area contributed by atoms with E-state index >= 15 is 0 Å². The van der Waals surface area contributed by atoms with E-state index in [2.05, 4.69) is 20.8 Å². The van der Waals surface area contributed by atoms with E-state index < -0.39 is 5.97 Å². The van der Waals surface area contributed by atoms with Crippen LogP contribution < -0.4 is 5.32 Å². The summed E-state index contributed by atoms with van der Waals surface area (Å²) in [6, 6.07) is 0.0795. The van der Waals surface area contributed by atoms with Crippen LogP contribution in [0.5, 0.6) is 0 Å². The van der Waals surface area contributed by atoms with Gasteiger partial charge in [0.25, 0.3) is 5.82 Å². The lowest BCUT2D eigenvalue weighted by Crippen LogP contribution is -2.31. The van der Waals surface area contributed by atoms with Gasteiger partial charge in [0.15, 0.2) is 0 Å². The van der Waals surface area contributed by atoms with Crippen LogP contribution in [0.25, 0.3) is 0 Å². The molecule has 18 heavy (non-hydrogen) atoms. The van der Waals surface area contributed by atoms with Crippen LogP contribution in [-0.4, -0.2) is 44.7 Å². The maximum absolute atomic E-state index is 11.5. The standard InChI is InChI=1S/C10H17N5O3/c1-4-18-10(17)9-12-13-14-15(9)6-5-8(16)11-7(2)3/h7H,4-6H2,1-3H3,(H,11,16). The van der Waals surface area contributed by atoms with Gasteiger partial charge in [-0.15, -0.1) is 5.10 Å². The molecule has 0 aliphatic carbocycles. The Morgan fingerprint density at radius 3 is 2.78 bits per heavy atom. The van der Waals surface area contributed by atoms with Gasteiger partial charge in [0.2, 0.25) is 5.91 Å². The first kappa shape index (κ1) is 14.1. The Hall–Kier alpha value is -1.99. The largest absolute Gasteiger partial charge is 0.460 e. The second-order valence-corrected chi connectivity index (χ2v) is 3.92. The first-order chi connectivity index (χ1) is 8.54. The van der Waals surface area contributed by atoms with Crippen LogP contribution in [-0.2, 0) is 16.1 Å². The van der Waals surface area contributed by atoms with Gasteiger partial charge in [0.1, 0.15) is 0 Å². The predicted molar refractivity (Wildman–Crippen MR) is 61.7 cm³/mol. The van der Waals surface area contributed by atoms with Crippen molar-refractivity contribution in [3.63, 3.8) is 0 Å². The molecule has 0 saturated carbocycles. The van der Waals surface area contributed by atoms with Crippen molar-refractivity contribution >= 4 is 11.9 Å². The number of aromatic nitrogens is 4. The first-order valence-electron chi connectivity index (χ1n) is 5.77. The third-order valence-electron chi connectivity index (χ3n) is 1.99. The van der Waals surface area contributed by atoms with Gasteiger partial charge in [-0.25, -0.2) is 9.48 Å². The number of carbonyl (C=O) groups excluding carboxylic acids is 2. The lowest BCUT2D eigenvalue weighted by molar-refractivity contribution is -0.121. The summed E-state index contributed by atoms with van der Waals surface area (Å²) in [6.45, 7) is 5.93. The summed E-state index contributed by atoms with van der Waals surface area (Å²) in [7, 11) is 0. The number of carbonyl (C=O) groups is 2. The zero-order valence-electron chi connectivity index (χ0n) is 10.7. The highest BCUT2D eigenvalue weighted by Gasteiger charge is 2.17. The van der Waals surface area contributed by atoms with Crippen molar-refractivity contribution < 1.29 is 14.3 Å². The van der Waals surface area contributed by atoms with E-state index in [0.29, 0.717) is 0 Å². The monoisotopic (exact) mass is 255 g/mol. The van der Waals surface area contributed by atoms with E-state index in [1.54, 1.807) is 6.92 Å². The molecule has 0 aliphatic heterocycles. The van der Waals surface area contributed by atoms with Crippen molar-refractivity contribution in [2.24, 2.45) is 0 Å². The summed E-state index contributed by atoms with van der Waals surface area (Å²) in [6.07, 6.45) is 0.204. The second kappa shape index (κ2) is 6.67. The van der Waals surface area contributed by atoms with Crippen LogP contribution in [0.2, 0.25) is 0 Å². The van der Waals surface area contributed by atoms with Crippen LogP contribution in [0, 0.1) is 0 Å². The number of esters is 1. The topological polar surface area (TPSA) is 99.0 Å². The number of hydrogen-bond acceptors (Lipinski definition) is 6. The lowest BCUT2D eigenvalue weighted by atomic mass is 10.3. The molecule has 0 fully saturated rings. The normalized spacial score (nSPS) is 10.4. The molecule has 0 radical (unpaired) electrons. The van der Waals surface area contributed by atoms with Crippen LogP contribution >= 0.6 is 0 Å². The zero-order chi connectivity index (χ0) is 13.5. The molecule has 0 spiro atoms. The van der Waals surface area contributed by atoms with E-state index in [4.69, 9.17) is 4.74 Å². The fourth-order valence-electron chi connectivity index (χ4n) is 1.30. The summed E-state index contributed by atoms with van der Waals surface area (Å²) >= 11 is 0. The molecule has 0 aromatic carbocycles. The average molecular weight is 255 g/mol. The number of rotatable bonds is 6. The third kappa shape index (κ3) is 4.11. The number of aryl methyl sites for hydroxylation is 1. The van der Waals surface area contributed by atoms with Gasteiger partial charge >= 0.3 is 5.97 Å². The molecule has 8 nitrogen and oxygen atoms in total. The highest BCUT2D eigenvalue weighted by Crippen LogP contribution is 1.98. The zero-order valence-corrected chi connectivity index (χ0v) is 10.7. The van der Waals surface area contributed by atoms with Crippen molar-refractivity contribution in [1.82, 2.24) is 25.5 Å². The summed E-state index contributed by atoms with van der Waals surface area (Å²) in [5.41, 5.74) is 0. The first-order valence-corrected chi connectivity index (χ1v) is 5.77. The molecule has 8 heteroatoms. The lowest BCUT2D eigenvalue weighted by Gasteiger charge is -2.08. The van der Waals surface area contributed by atoms with Gasteiger partial charge in [-0.05, 0) is 31.2 Å². The fraction of sp³-hybridized carbons (Fsp3) is 0.700. The number of tetrazole rings is 1. The average Bonchev–Trinajstić information content (AvgIpc) is 2.73. The molecule has 0 atom stereocenters. The quantitative estimate of drug-likeness (QED) is 0.704. The van der Waals surface area contributed by atoms with Crippen molar-refractivity contribution in [2.75, 3.05) is 6.61 Å². The molecule has 1 aromatic heterocycles. The maximum atomic E-state index is 11.5. The van der Waals surface area contributed by atoms with E-state index in [1.165, 1.54) is 4.68 Å². The molecule has 0 bridgehead atoms. The number of nitrogens with zero attached hydrogens (tertiary/aromatic N) is 4. The summed E-state index contributed by atoms with van der Waals surface area (Å²) in [4.78, 5) is 22.9. The Bertz CT molecular complexity index is 415. The molecule has 1 heterocycles. The minimum atomic E-state index is -0.591. The molecular formula is C10H17N5O3. The van der Waals surface area contributed by atoms with Gasteiger partial charge in [0.05, 0.1) is 13.2 Å². The Balaban J connectivity index is 2.55. The van der Waals surface area contributed by atoms with E-state index in [1.807, 2.05) is 13.8 Å². The van der Waals surface area contributed by atoms with Gasteiger partial charge < -0.3 is 10.1 Å². The fourth-order valence-corrected chi connectivity index (χ4v) is 1.30. The van der Waals surface area contributed by atoms with E-state index in [-0.39, 0.29) is 37.3 Å². The van der Waals surface area contributed by atoms with Crippen LogP contribution in [0.3, 0.4) is 0 Å². The van der Waals surface area contributed by atoms with E-state index in [9.17, 15) is 9.59 Å².